The van der Waals surface area contributed by atoms with Crippen molar-refractivity contribution in [3.8, 4) is 0 Å². The van der Waals surface area contributed by atoms with Crippen LogP contribution in [-0.2, 0) is 4.74 Å². The monoisotopic (exact) mass is 256 g/mol. The van der Waals surface area contributed by atoms with Crippen molar-refractivity contribution < 1.29 is 14.3 Å². The van der Waals surface area contributed by atoms with Gasteiger partial charge in [0.1, 0.15) is 0 Å². The minimum Gasteiger partial charge on any atom is -0.465 e. The largest absolute Gasteiger partial charge is 0.465 e. The second-order valence-corrected chi connectivity index (χ2v) is 3.76. The van der Waals surface area contributed by atoms with Crippen molar-refractivity contribution in [1.29, 1.82) is 0 Å². The van der Waals surface area contributed by atoms with Crippen molar-refractivity contribution in [3.63, 3.8) is 0 Å². The number of esters is 1. The molecule has 1 aromatic heterocycles. The molecular weight excluding hydrogens is 244 g/mol. The lowest BCUT2D eigenvalue weighted by atomic mass is 10.2. The van der Waals surface area contributed by atoms with Gasteiger partial charge in [0.2, 0.25) is 0 Å². The van der Waals surface area contributed by atoms with Gasteiger partial charge >= 0.3 is 5.97 Å². The van der Waals surface area contributed by atoms with Crippen LogP contribution in [0.3, 0.4) is 0 Å². The highest BCUT2D eigenvalue weighted by Gasteiger charge is 2.08. The van der Waals surface area contributed by atoms with Crippen LogP contribution in [-0.4, -0.2) is 24.0 Å². The fourth-order valence-corrected chi connectivity index (χ4v) is 1.55. The molecule has 0 spiro atoms. The number of hydrogen-bond acceptors (Lipinski definition) is 4. The van der Waals surface area contributed by atoms with Gasteiger partial charge in [-0.3, -0.25) is 9.78 Å². The van der Waals surface area contributed by atoms with Gasteiger partial charge in [-0.25, -0.2) is 4.79 Å². The molecule has 5 nitrogen and oxygen atoms in total. The summed E-state index contributed by atoms with van der Waals surface area (Å²) >= 11 is 0. The Hall–Kier alpha value is -2.69. The third-order valence-electron chi connectivity index (χ3n) is 2.48. The average Bonchev–Trinajstić information content (AvgIpc) is 2.47. The molecule has 0 bridgehead atoms. The van der Waals surface area contributed by atoms with E-state index < -0.39 is 5.97 Å². The van der Waals surface area contributed by atoms with E-state index in [1.165, 1.54) is 7.11 Å². The number of nitrogens with zero attached hydrogens (tertiary/aromatic N) is 1. The summed E-state index contributed by atoms with van der Waals surface area (Å²) < 4.78 is 4.62. The number of benzene rings is 1. The van der Waals surface area contributed by atoms with Gasteiger partial charge in [0, 0.05) is 23.6 Å². The van der Waals surface area contributed by atoms with Gasteiger partial charge in [-0.2, -0.15) is 0 Å². The number of nitrogens with one attached hydrogen (secondary N) is 1. The molecule has 0 unspecified atom stereocenters. The van der Waals surface area contributed by atoms with Crippen LogP contribution in [0.2, 0.25) is 0 Å². The van der Waals surface area contributed by atoms with E-state index in [4.69, 9.17) is 0 Å². The number of pyridine rings is 1. The molecule has 0 aliphatic rings. The van der Waals surface area contributed by atoms with Crippen molar-refractivity contribution in [3.05, 3.63) is 59.9 Å². The number of amides is 1. The van der Waals surface area contributed by atoms with E-state index in [9.17, 15) is 9.59 Å². The lowest BCUT2D eigenvalue weighted by Gasteiger charge is -2.06. The lowest BCUT2D eigenvalue weighted by Crippen LogP contribution is -2.12. The molecule has 1 N–H and O–H groups in total. The average molecular weight is 256 g/mol. The van der Waals surface area contributed by atoms with Gasteiger partial charge in [-0.05, 0) is 30.3 Å². The molecule has 0 saturated carbocycles. The molecule has 19 heavy (non-hydrogen) atoms. The molecule has 0 aliphatic heterocycles. The van der Waals surface area contributed by atoms with Gasteiger partial charge < -0.3 is 10.1 Å². The second-order valence-electron chi connectivity index (χ2n) is 3.76. The molecule has 5 heteroatoms. The normalized spacial score (nSPS) is 9.74. The number of rotatable bonds is 3. The van der Waals surface area contributed by atoms with Crippen molar-refractivity contribution in [2.75, 3.05) is 12.4 Å². The fourth-order valence-electron chi connectivity index (χ4n) is 1.55. The maximum atomic E-state index is 11.9. The number of ether oxygens (including phenoxy) is 1. The Kier molecular flexibility index (Phi) is 3.87. The third kappa shape index (κ3) is 3.16. The van der Waals surface area contributed by atoms with E-state index in [0.717, 1.165) is 0 Å². The van der Waals surface area contributed by atoms with E-state index in [1.54, 1.807) is 48.8 Å². The Morgan fingerprint density at radius 2 is 1.84 bits per heavy atom. The molecule has 1 amide bonds. The first-order chi connectivity index (χ1) is 9.20. The maximum Gasteiger partial charge on any atom is 0.337 e. The molecule has 2 aromatic rings. The lowest BCUT2D eigenvalue weighted by molar-refractivity contribution is 0.0600. The highest BCUT2D eigenvalue weighted by atomic mass is 16.5. The van der Waals surface area contributed by atoms with E-state index >= 15 is 0 Å². The Morgan fingerprint density at radius 1 is 1.11 bits per heavy atom. The summed E-state index contributed by atoms with van der Waals surface area (Å²) in [6, 6.07) is 9.78. The zero-order chi connectivity index (χ0) is 13.7. The standard InChI is InChI=1S/C14H12N2O3/c1-19-14(18)11-3-2-4-12(9-11)16-13(17)10-5-7-15-8-6-10/h2-9H,1H3,(H,16,17). The quantitative estimate of drug-likeness (QED) is 0.854. The molecule has 2 rings (SSSR count). The second kappa shape index (κ2) is 5.77. The first kappa shape index (κ1) is 12.8. The molecule has 0 saturated heterocycles. The fraction of sp³-hybridized carbons (Fsp3) is 0.0714. The summed E-state index contributed by atoms with van der Waals surface area (Å²) in [7, 11) is 1.31. The third-order valence-corrected chi connectivity index (χ3v) is 2.48. The van der Waals surface area contributed by atoms with Crippen molar-refractivity contribution in [2.24, 2.45) is 0 Å². The number of carbonyl (C=O) groups is 2. The Balaban J connectivity index is 2.16. The summed E-state index contributed by atoms with van der Waals surface area (Å²) in [5.41, 5.74) is 1.42. The van der Waals surface area contributed by atoms with E-state index in [-0.39, 0.29) is 5.91 Å². The maximum absolute atomic E-state index is 11.9. The van der Waals surface area contributed by atoms with Gasteiger partial charge in [0.05, 0.1) is 12.7 Å². The molecule has 1 heterocycles. The van der Waals surface area contributed by atoms with Crippen LogP contribution in [0.4, 0.5) is 5.69 Å². The minimum absolute atomic E-state index is 0.260. The molecule has 0 atom stereocenters. The minimum atomic E-state index is -0.444. The zero-order valence-electron chi connectivity index (χ0n) is 10.3. The van der Waals surface area contributed by atoms with Crippen LogP contribution in [0.25, 0.3) is 0 Å². The molecular formula is C14H12N2O3. The summed E-state index contributed by atoms with van der Waals surface area (Å²) in [5.74, 6) is -0.704. The molecule has 96 valence electrons. The summed E-state index contributed by atoms with van der Waals surface area (Å²) in [6.45, 7) is 0. The topological polar surface area (TPSA) is 68.3 Å². The van der Waals surface area contributed by atoms with Crippen LogP contribution < -0.4 is 5.32 Å². The Morgan fingerprint density at radius 3 is 2.53 bits per heavy atom. The van der Waals surface area contributed by atoms with Gasteiger partial charge in [-0.1, -0.05) is 6.07 Å². The number of carbonyl (C=O) groups excluding carboxylic acids is 2. The smallest absolute Gasteiger partial charge is 0.337 e. The van der Waals surface area contributed by atoms with Crippen LogP contribution in [0.15, 0.2) is 48.8 Å². The number of hydrogen-bond donors (Lipinski definition) is 1. The first-order valence-corrected chi connectivity index (χ1v) is 5.60. The Labute approximate surface area is 110 Å². The number of aromatic nitrogens is 1. The molecule has 1 aromatic carbocycles. The summed E-state index contributed by atoms with van der Waals surface area (Å²) in [5, 5.41) is 2.70. The van der Waals surface area contributed by atoms with E-state index in [1.807, 2.05) is 0 Å². The summed E-state index contributed by atoms with van der Waals surface area (Å²) in [4.78, 5) is 27.1. The first-order valence-electron chi connectivity index (χ1n) is 5.60. The van der Waals surface area contributed by atoms with Crippen LogP contribution in [0, 0.1) is 0 Å². The van der Waals surface area contributed by atoms with Crippen molar-refractivity contribution in [2.45, 2.75) is 0 Å². The molecule has 0 fully saturated rings. The van der Waals surface area contributed by atoms with E-state index in [2.05, 4.69) is 15.0 Å². The van der Waals surface area contributed by atoms with Crippen LogP contribution in [0.5, 0.6) is 0 Å². The van der Waals surface area contributed by atoms with E-state index in [0.29, 0.717) is 16.8 Å². The van der Waals surface area contributed by atoms with Gasteiger partial charge in [-0.15, -0.1) is 0 Å². The van der Waals surface area contributed by atoms with Crippen molar-refractivity contribution in [1.82, 2.24) is 4.98 Å². The van der Waals surface area contributed by atoms with Crippen LogP contribution >= 0.6 is 0 Å². The number of anilines is 1. The molecule has 0 aliphatic carbocycles. The van der Waals surface area contributed by atoms with Gasteiger partial charge in [0.15, 0.2) is 0 Å². The zero-order valence-corrected chi connectivity index (χ0v) is 10.3. The Bertz CT molecular complexity index is 597. The van der Waals surface area contributed by atoms with Gasteiger partial charge in [0.25, 0.3) is 5.91 Å². The number of methoxy groups -OCH3 is 1. The highest BCUT2D eigenvalue weighted by Crippen LogP contribution is 2.12. The van der Waals surface area contributed by atoms with Crippen LogP contribution in [0.1, 0.15) is 20.7 Å². The predicted molar refractivity (Wildman–Crippen MR) is 70.0 cm³/mol. The predicted octanol–water partition coefficient (Wildman–Crippen LogP) is 2.12. The SMILES string of the molecule is COC(=O)c1cccc(NC(=O)c2ccncc2)c1. The molecule has 0 radical (unpaired) electrons. The van der Waals surface area contributed by atoms with Crippen molar-refractivity contribution >= 4 is 17.6 Å². The highest BCUT2D eigenvalue weighted by molar-refractivity contribution is 6.04. The summed E-state index contributed by atoms with van der Waals surface area (Å²) in [6.07, 6.45) is 3.08.